The zero-order chi connectivity index (χ0) is 48.8. The Morgan fingerprint density at radius 2 is 1.15 bits per heavy atom. The molecule has 1 N–H and O–H groups in total. The molecule has 11 rings (SSSR count). The fraction of sp³-hybridized carbons (Fsp3) is 0.219. The Hall–Kier alpha value is -7.01. The van der Waals surface area contributed by atoms with Gasteiger partial charge in [-0.3, -0.25) is 9.55 Å². The predicted molar refractivity (Wildman–Crippen MR) is 289 cm³/mol. The van der Waals surface area contributed by atoms with E-state index in [2.05, 4.69) is 183 Å². The SMILES string of the molecule is CC(C)c1cc(-c2ccc(-c3ccccc3)cc2)cc(C(C)C)c1-n1c(-c2cc(C(C)(C)C)cc(C(C)(C)C)c2O)nc2c3c(ccc21)oc1oc2ccc(-c4cc(-c5ccccc5)ccn4)[c-]c2c13.[Pt]. The predicted octanol–water partition coefficient (Wildman–Crippen LogP) is 17.7. The standard InChI is InChI=1S/C64H58N3O3.Pt/c1-37(2)47-32-45(42-23-21-41(22-24-42)39-17-13-11-14-18-39)33-48(38(3)4)59(47)67-53-26-28-55-57(58(53)66-61(67)50-35-46(63(5,6)7)36-51(60(50)68)64(8,9)10)56-49-31-44(25-27-54(49)69-62(56)70-55)52-34-43(29-30-65-52)40-19-15-12-16-20-40;/h11-30,32-38,68H,1-10H3;/q-1;. The fourth-order valence-corrected chi connectivity index (χ4v) is 10.1. The molecule has 0 bridgehead atoms. The van der Waals surface area contributed by atoms with Crippen molar-refractivity contribution < 1.29 is 35.0 Å². The van der Waals surface area contributed by atoms with Gasteiger partial charge in [-0.25, -0.2) is 4.98 Å². The van der Waals surface area contributed by atoms with E-state index in [4.69, 9.17) is 18.8 Å². The van der Waals surface area contributed by atoms with Crippen molar-refractivity contribution in [3.05, 3.63) is 180 Å². The number of nitrogens with zero attached hydrogens (tertiary/aromatic N) is 3. The molecule has 0 fully saturated rings. The van der Waals surface area contributed by atoms with Gasteiger partial charge in [0.25, 0.3) is 5.78 Å². The number of aromatic hydroxyl groups is 1. The van der Waals surface area contributed by atoms with Gasteiger partial charge in [-0.15, -0.1) is 12.1 Å². The average molecular weight is 1110 g/mol. The van der Waals surface area contributed by atoms with Crippen LogP contribution in [0.25, 0.3) is 106 Å². The molecule has 0 radical (unpaired) electrons. The number of pyridine rings is 1. The first-order valence-corrected chi connectivity index (χ1v) is 24.5. The van der Waals surface area contributed by atoms with E-state index in [0.717, 1.165) is 77.5 Å². The minimum absolute atomic E-state index is 0. The van der Waals surface area contributed by atoms with Gasteiger partial charge in [-0.05, 0) is 109 Å². The normalized spacial score (nSPS) is 12.3. The number of imidazole rings is 1. The number of phenols is 1. The molecule has 0 aliphatic heterocycles. The monoisotopic (exact) mass is 1110 g/mol. The largest absolute Gasteiger partial charge is 0.507 e. The van der Waals surface area contributed by atoms with Crippen molar-refractivity contribution in [3.8, 4) is 67.5 Å². The number of fused-ring (bicyclic) bond motifs is 7. The first-order valence-electron chi connectivity index (χ1n) is 24.5. The summed E-state index contributed by atoms with van der Waals surface area (Å²) in [6.07, 6.45) is 1.85. The van der Waals surface area contributed by atoms with E-state index in [9.17, 15) is 5.11 Å². The second-order valence-corrected chi connectivity index (χ2v) is 21.5. The Morgan fingerprint density at radius 1 is 0.577 bits per heavy atom. The van der Waals surface area contributed by atoms with Crippen molar-refractivity contribution in [3.63, 3.8) is 0 Å². The molecule has 11 aromatic rings. The Bertz CT molecular complexity index is 3760. The van der Waals surface area contributed by atoms with Crippen LogP contribution in [0.2, 0.25) is 0 Å². The minimum atomic E-state index is -0.358. The Labute approximate surface area is 430 Å². The van der Waals surface area contributed by atoms with E-state index < -0.39 is 0 Å². The Kier molecular flexibility index (Phi) is 12.1. The summed E-state index contributed by atoms with van der Waals surface area (Å²) in [6, 6.07) is 54.8. The summed E-state index contributed by atoms with van der Waals surface area (Å²) in [7, 11) is 0. The van der Waals surface area contributed by atoms with Crippen LogP contribution in [0.1, 0.15) is 103 Å². The molecular weight excluding hydrogens is 1050 g/mol. The Morgan fingerprint density at radius 3 is 1.76 bits per heavy atom. The number of hydrogen-bond donors (Lipinski definition) is 1. The van der Waals surface area contributed by atoms with Crippen molar-refractivity contribution >= 4 is 44.1 Å². The van der Waals surface area contributed by atoms with Crippen LogP contribution >= 0.6 is 0 Å². The summed E-state index contributed by atoms with van der Waals surface area (Å²) >= 11 is 0. The number of aromatic nitrogens is 3. The van der Waals surface area contributed by atoms with E-state index in [1.807, 2.05) is 48.7 Å². The van der Waals surface area contributed by atoms with Crippen LogP contribution in [-0.4, -0.2) is 19.6 Å². The molecule has 7 heteroatoms. The first-order chi connectivity index (χ1) is 33.5. The van der Waals surface area contributed by atoms with Crippen molar-refractivity contribution in [1.29, 1.82) is 0 Å². The molecule has 0 spiro atoms. The van der Waals surface area contributed by atoms with Crippen LogP contribution in [0, 0.1) is 6.07 Å². The number of phenolic OH excluding ortho intramolecular Hbond substituents is 1. The van der Waals surface area contributed by atoms with E-state index >= 15 is 0 Å². The third-order valence-corrected chi connectivity index (χ3v) is 13.9. The summed E-state index contributed by atoms with van der Waals surface area (Å²) in [6.45, 7) is 22.2. The van der Waals surface area contributed by atoms with Gasteiger partial charge in [0.1, 0.15) is 17.2 Å². The van der Waals surface area contributed by atoms with Gasteiger partial charge in [-0.2, -0.15) is 0 Å². The van der Waals surface area contributed by atoms with Crippen molar-refractivity contribution in [2.45, 2.75) is 91.9 Å². The second kappa shape index (κ2) is 18.0. The quantitative estimate of drug-likeness (QED) is 0.153. The number of furan rings is 2. The molecule has 0 saturated carbocycles. The van der Waals surface area contributed by atoms with E-state index in [1.165, 1.54) is 22.3 Å². The molecule has 71 heavy (non-hydrogen) atoms. The third-order valence-electron chi connectivity index (χ3n) is 13.9. The zero-order valence-corrected chi connectivity index (χ0v) is 44.3. The first kappa shape index (κ1) is 47.7. The van der Waals surface area contributed by atoms with Crippen molar-refractivity contribution in [1.82, 2.24) is 14.5 Å². The summed E-state index contributed by atoms with van der Waals surface area (Å²) in [4.78, 5) is 10.5. The van der Waals surface area contributed by atoms with Crippen molar-refractivity contribution in [2.75, 3.05) is 0 Å². The van der Waals surface area contributed by atoms with E-state index in [-0.39, 0.29) is 49.5 Å². The van der Waals surface area contributed by atoms with Crippen LogP contribution in [0.15, 0.2) is 161 Å². The van der Waals surface area contributed by atoms with E-state index in [1.54, 1.807) is 0 Å². The second-order valence-electron chi connectivity index (χ2n) is 21.5. The zero-order valence-electron chi connectivity index (χ0n) is 42.0. The van der Waals surface area contributed by atoms with Crippen molar-refractivity contribution in [2.24, 2.45) is 0 Å². The molecule has 0 amide bonds. The van der Waals surface area contributed by atoms with Gasteiger partial charge < -0.3 is 13.9 Å². The molecule has 7 aromatic carbocycles. The fourth-order valence-electron chi connectivity index (χ4n) is 10.1. The van der Waals surface area contributed by atoms with Crippen LogP contribution in [0.5, 0.6) is 5.75 Å². The molecule has 0 unspecified atom stereocenters. The van der Waals surface area contributed by atoms with Gasteiger partial charge in [0.05, 0.1) is 27.9 Å². The van der Waals surface area contributed by atoms with Crippen LogP contribution < -0.4 is 0 Å². The average Bonchev–Trinajstić information content (AvgIpc) is 4.03. The molecule has 6 nitrogen and oxygen atoms in total. The number of hydrogen-bond acceptors (Lipinski definition) is 5. The molecule has 0 saturated heterocycles. The molecule has 0 atom stereocenters. The molecule has 358 valence electrons. The maximum Gasteiger partial charge on any atom is 0.254 e. The number of rotatable bonds is 8. The molecule has 4 aromatic heterocycles. The summed E-state index contributed by atoms with van der Waals surface area (Å²) in [5.74, 6) is 1.56. The minimum Gasteiger partial charge on any atom is -0.507 e. The van der Waals surface area contributed by atoms with Gasteiger partial charge >= 0.3 is 0 Å². The summed E-state index contributed by atoms with van der Waals surface area (Å²) in [5.41, 5.74) is 17.1. The molecule has 0 aliphatic carbocycles. The maximum absolute atomic E-state index is 12.7. The van der Waals surface area contributed by atoms with Crippen LogP contribution in [0.3, 0.4) is 0 Å². The van der Waals surface area contributed by atoms with Gasteiger partial charge in [0.15, 0.2) is 0 Å². The van der Waals surface area contributed by atoms with Crippen LogP contribution in [0.4, 0.5) is 0 Å². The summed E-state index contributed by atoms with van der Waals surface area (Å²) in [5, 5.41) is 15.1. The third kappa shape index (κ3) is 8.40. The number of benzene rings is 7. The maximum atomic E-state index is 12.7. The molecular formula is C64H58N3O3Pt-. The molecule has 0 aliphatic rings. The van der Waals surface area contributed by atoms with Crippen LogP contribution in [-0.2, 0) is 31.9 Å². The topological polar surface area (TPSA) is 77.2 Å². The van der Waals surface area contributed by atoms with Gasteiger partial charge in [0.2, 0.25) is 0 Å². The van der Waals surface area contributed by atoms with Gasteiger partial charge in [-0.1, -0.05) is 183 Å². The smallest absolute Gasteiger partial charge is 0.254 e. The van der Waals surface area contributed by atoms with Gasteiger partial charge in [0, 0.05) is 49.3 Å². The summed E-state index contributed by atoms with van der Waals surface area (Å²) < 4.78 is 15.4. The van der Waals surface area contributed by atoms with E-state index in [0.29, 0.717) is 28.3 Å². The molecule has 4 heterocycles. The Balaban J connectivity index is 0.00000582.